The maximum Gasteiger partial charge on any atom is 0.230 e. The van der Waals surface area contributed by atoms with Gasteiger partial charge in [0, 0.05) is 31.5 Å². The fraction of sp³-hybridized carbons (Fsp3) is 0.462. The Hall–Kier alpha value is -2.05. The fourth-order valence-electron chi connectivity index (χ4n) is 2.21. The van der Waals surface area contributed by atoms with E-state index in [-0.39, 0.29) is 11.6 Å². The fourth-order valence-corrected chi connectivity index (χ4v) is 2.21. The van der Waals surface area contributed by atoms with E-state index in [0.717, 1.165) is 0 Å². The Labute approximate surface area is 119 Å². The molecule has 0 bridgehead atoms. The van der Waals surface area contributed by atoms with Crippen molar-refractivity contribution in [3.8, 4) is 0 Å². The first kappa shape index (κ1) is 16.0. The second-order valence-corrected chi connectivity index (χ2v) is 5.14. The molecule has 0 aliphatic carbocycles. The topological polar surface area (TPSA) is 80.2 Å². The molecule has 2 amide bonds. The number of nitrogens with zero attached hydrogens (tertiary/aromatic N) is 1. The van der Waals surface area contributed by atoms with Crippen LogP contribution in [0.2, 0.25) is 0 Å². The quantitative estimate of drug-likeness (QED) is 0.784. The van der Waals surface area contributed by atoms with Gasteiger partial charge in [0.2, 0.25) is 19.2 Å². The number of carbonyl (C=O) groups excluding carboxylic acids is 2. The molecule has 2 N–H and O–H groups in total. The van der Waals surface area contributed by atoms with E-state index < -0.39 is 16.7 Å². The van der Waals surface area contributed by atoms with Gasteiger partial charge in [0.25, 0.3) is 0 Å². The zero-order valence-corrected chi connectivity index (χ0v) is 12.3. The molecule has 0 aromatic carbocycles. The first-order valence-corrected chi connectivity index (χ1v) is 6.12. The molecular formula is C13H18BN3O3. The van der Waals surface area contributed by atoms with E-state index in [1.54, 1.807) is 32.4 Å². The minimum Gasteiger partial charge on any atom is -0.358 e. The van der Waals surface area contributed by atoms with Gasteiger partial charge in [-0.3, -0.25) is 14.4 Å². The highest BCUT2D eigenvalue weighted by atomic mass is 16.2. The van der Waals surface area contributed by atoms with E-state index in [1.807, 2.05) is 0 Å². The van der Waals surface area contributed by atoms with E-state index in [2.05, 4.69) is 10.6 Å². The summed E-state index contributed by atoms with van der Waals surface area (Å²) < 4.78 is 1.67. The van der Waals surface area contributed by atoms with Crippen molar-refractivity contribution in [3.63, 3.8) is 0 Å². The van der Waals surface area contributed by atoms with Crippen molar-refractivity contribution in [2.45, 2.75) is 26.2 Å². The molecule has 20 heavy (non-hydrogen) atoms. The van der Waals surface area contributed by atoms with Gasteiger partial charge in [0.05, 0.1) is 5.41 Å². The van der Waals surface area contributed by atoms with Crippen molar-refractivity contribution in [1.29, 1.82) is 0 Å². The zero-order chi connectivity index (χ0) is 15.7. The second kappa shape index (κ2) is 5.52. The summed E-state index contributed by atoms with van der Waals surface area (Å²) in [7, 11) is 8.29. The number of carbonyl (C=O) groups is 2. The van der Waals surface area contributed by atoms with Crippen LogP contribution in [0.5, 0.6) is 0 Å². The van der Waals surface area contributed by atoms with Crippen LogP contribution in [0.25, 0.3) is 0 Å². The molecule has 0 saturated heterocycles. The molecule has 7 heteroatoms. The number of hydrogen-bond donors (Lipinski definition) is 2. The van der Waals surface area contributed by atoms with Gasteiger partial charge in [-0.1, -0.05) is 0 Å². The number of rotatable bonds is 3. The third-order valence-corrected chi connectivity index (χ3v) is 3.36. The Morgan fingerprint density at radius 3 is 2.35 bits per heavy atom. The summed E-state index contributed by atoms with van der Waals surface area (Å²) in [5.74, 6) is -1.11. The van der Waals surface area contributed by atoms with Crippen LogP contribution in [0.4, 0.5) is 10.5 Å². The summed E-state index contributed by atoms with van der Waals surface area (Å²) in [6.45, 7) is 5.06. The summed E-state index contributed by atoms with van der Waals surface area (Å²) in [5, 5.41) is 4.82. The number of hydrogen-bond acceptors (Lipinski definition) is 3. The Kier molecular flexibility index (Phi) is 4.42. The lowest BCUT2D eigenvalue weighted by atomic mass is 9.82. The van der Waals surface area contributed by atoms with Crippen molar-refractivity contribution in [2.75, 3.05) is 12.4 Å². The van der Waals surface area contributed by atoms with E-state index in [9.17, 15) is 14.4 Å². The van der Waals surface area contributed by atoms with Crippen LogP contribution in [0.1, 0.15) is 25.1 Å². The lowest BCUT2D eigenvalue weighted by molar-refractivity contribution is -0.125. The molecular weight excluding hydrogens is 257 g/mol. The molecule has 1 heterocycles. The molecule has 0 saturated carbocycles. The van der Waals surface area contributed by atoms with Crippen molar-refractivity contribution in [2.24, 2.45) is 7.05 Å². The van der Waals surface area contributed by atoms with Crippen molar-refractivity contribution in [1.82, 2.24) is 9.88 Å². The van der Waals surface area contributed by atoms with Gasteiger partial charge in [-0.25, -0.2) is 0 Å². The van der Waals surface area contributed by atoms with Gasteiger partial charge in [0.15, 0.2) is 5.81 Å². The van der Waals surface area contributed by atoms with Crippen LogP contribution in [0, 0.1) is 6.92 Å². The molecule has 1 aromatic rings. The van der Waals surface area contributed by atoms with Gasteiger partial charge in [-0.15, -0.1) is 0 Å². The lowest BCUT2D eigenvalue weighted by Gasteiger charge is -2.26. The molecule has 0 aliphatic rings. The van der Waals surface area contributed by atoms with Crippen LogP contribution in [0.15, 0.2) is 11.0 Å². The predicted octanol–water partition coefficient (Wildman–Crippen LogP) is 0.418. The normalized spacial score (nSPS) is 11.1. The Bertz CT molecular complexity index is 620. The van der Waals surface area contributed by atoms with Crippen molar-refractivity contribution in [3.05, 3.63) is 27.7 Å². The van der Waals surface area contributed by atoms with Gasteiger partial charge in [-0.05, 0) is 20.8 Å². The van der Waals surface area contributed by atoms with Crippen molar-refractivity contribution < 1.29 is 9.59 Å². The number of amides is 2. The monoisotopic (exact) mass is 275 g/mol. The number of anilines is 1. The Balaban J connectivity index is 3.62. The molecule has 1 aromatic heterocycles. The molecule has 2 radical (unpaired) electrons. The summed E-state index contributed by atoms with van der Waals surface area (Å²) in [4.78, 5) is 35.4. The molecule has 0 fully saturated rings. The standard InChI is InChI=1S/C13H18BN3O3/c1-7-9(13(2,3)11(19)15-4)10(18)8(6-17(7)5)16-12(14)20/h6H,1-5H3,(H,15,19)(H,16,20). The molecule has 1 rings (SSSR count). The van der Waals surface area contributed by atoms with Crippen LogP contribution < -0.4 is 16.1 Å². The third-order valence-electron chi connectivity index (χ3n) is 3.36. The van der Waals surface area contributed by atoms with Crippen molar-refractivity contribution >= 4 is 25.2 Å². The molecule has 0 unspecified atom stereocenters. The van der Waals surface area contributed by atoms with Gasteiger partial charge in [0.1, 0.15) is 5.69 Å². The Morgan fingerprint density at radius 2 is 1.90 bits per heavy atom. The largest absolute Gasteiger partial charge is 0.358 e. The highest BCUT2D eigenvalue weighted by molar-refractivity contribution is 6.60. The molecule has 0 aliphatic heterocycles. The summed E-state index contributed by atoms with van der Waals surface area (Å²) >= 11 is 0. The van der Waals surface area contributed by atoms with Crippen LogP contribution >= 0.6 is 0 Å². The maximum atomic E-state index is 12.5. The average molecular weight is 275 g/mol. The zero-order valence-electron chi connectivity index (χ0n) is 12.3. The Morgan fingerprint density at radius 1 is 1.35 bits per heavy atom. The molecule has 106 valence electrons. The minimum absolute atomic E-state index is 0.0533. The highest BCUT2D eigenvalue weighted by Crippen LogP contribution is 2.24. The smallest absolute Gasteiger partial charge is 0.230 e. The first-order valence-electron chi connectivity index (χ1n) is 6.12. The van der Waals surface area contributed by atoms with Crippen LogP contribution in [0.3, 0.4) is 0 Å². The number of likely N-dealkylation sites (N-methyl/N-ethyl adjacent to an activating group) is 1. The number of nitrogens with one attached hydrogen (secondary N) is 2. The van der Waals surface area contributed by atoms with E-state index >= 15 is 0 Å². The van der Waals surface area contributed by atoms with Gasteiger partial charge < -0.3 is 15.2 Å². The first-order chi connectivity index (χ1) is 9.12. The SMILES string of the molecule is [B]C(=O)Nc1cn(C)c(C)c(C(C)(C)C(=O)NC)c1=O. The molecule has 6 nitrogen and oxygen atoms in total. The third kappa shape index (κ3) is 2.76. The van der Waals surface area contributed by atoms with Gasteiger partial charge in [-0.2, -0.15) is 0 Å². The van der Waals surface area contributed by atoms with E-state index in [1.165, 1.54) is 13.2 Å². The number of aromatic nitrogens is 1. The second-order valence-electron chi connectivity index (χ2n) is 5.14. The molecule has 0 spiro atoms. The molecule has 0 atom stereocenters. The van der Waals surface area contributed by atoms with E-state index in [0.29, 0.717) is 11.3 Å². The summed E-state index contributed by atoms with van der Waals surface area (Å²) in [6.07, 6.45) is 1.48. The maximum absolute atomic E-state index is 12.5. The summed E-state index contributed by atoms with van der Waals surface area (Å²) in [6, 6.07) is 0. The number of aryl methyl sites for hydroxylation is 1. The average Bonchev–Trinajstić information content (AvgIpc) is 2.34. The van der Waals surface area contributed by atoms with Gasteiger partial charge >= 0.3 is 0 Å². The minimum atomic E-state index is -1.02. The highest BCUT2D eigenvalue weighted by Gasteiger charge is 2.34. The van der Waals surface area contributed by atoms with Crippen LogP contribution in [-0.4, -0.2) is 31.2 Å². The summed E-state index contributed by atoms with van der Waals surface area (Å²) in [5.41, 5.74) is -0.405. The predicted molar refractivity (Wildman–Crippen MR) is 78.3 cm³/mol. The van der Waals surface area contributed by atoms with E-state index in [4.69, 9.17) is 7.85 Å². The number of pyridine rings is 1. The van der Waals surface area contributed by atoms with Crippen LogP contribution in [-0.2, 0) is 17.3 Å². The lowest BCUT2D eigenvalue weighted by Crippen LogP contribution is -2.43.